The average Bonchev–Trinajstić information content (AvgIpc) is 3.51. The summed E-state index contributed by atoms with van der Waals surface area (Å²) >= 11 is 1.69. The Bertz CT molecular complexity index is 1190. The first-order valence-corrected chi connectivity index (χ1v) is 11.8. The van der Waals surface area contributed by atoms with Gasteiger partial charge in [0, 0.05) is 17.1 Å². The third-order valence-electron chi connectivity index (χ3n) is 6.07. The molecule has 1 aliphatic carbocycles. The van der Waals surface area contributed by atoms with E-state index >= 15 is 0 Å². The van der Waals surface area contributed by atoms with Gasteiger partial charge in [0.05, 0.1) is 5.41 Å². The molecule has 3 aromatic carbocycles. The minimum Gasteiger partial charge on any atom is -0.454 e. The van der Waals surface area contributed by atoms with Gasteiger partial charge in [-0.15, -0.1) is 6.58 Å². The monoisotopic (exact) mass is 458 g/mol. The molecule has 2 aliphatic rings. The molecule has 5 rings (SSSR count). The third kappa shape index (κ3) is 4.49. The van der Waals surface area contributed by atoms with Gasteiger partial charge >= 0.3 is 0 Å². The van der Waals surface area contributed by atoms with E-state index in [1.54, 1.807) is 11.9 Å². The van der Waals surface area contributed by atoms with Crippen molar-refractivity contribution in [3.05, 3.63) is 84.9 Å². The van der Waals surface area contributed by atoms with Crippen molar-refractivity contribution < 1.29 is 14.3 Å². The predicted octanol–water partition coefficient (Wildman–Crippen LogP) is 5.88. The minimum atomic E-state index is -0.493. The van der Waals surface area contributed by atoms with Crippen molar-refractivity contribution in [2.45, 2.75) is 23.2 Å². The summed E-state index contributed by atoms with van der Waals surface area (Å²) in [4.78, 5) is 14.4. The molecule has 0 atom stereocenters. The van der Waals surface area contributed by atoms with Crippen LogP contribution in [0.3, 0.4) is 0 Å². The van der Waals surface area contributed by atoms with Crippen LogP contribution in [0, 0.1) is 0 Å². The van der Waals surface area contributed by atoms with E-state index in [0.29, 0.717) is 5.75 Å². The molecule has 1 fully saturated rings. The molecule has 1 heterocycles. The molecule has 0 aromatic heterocycles. The first-order chi connectivity index (χ1) is 16.1. The van der Waals surface area contributed by atoms with Gasteiger partial charge in [-0.1, -0.05) is 36.4 Å². The van der Waals surface area contributed by atoms with E-state index in [9.17, 15) is 4.79 Å². The van der Waals surface area contributed by atoms with Gasteiger partial charge in [-0.3, -0.25) is 4.79 Å². The zero-order valence-corrected chi connectivity index (χ0v) is 19.4. The number of benzene rings is 3. The lowest BCUT2D eigenvalue weighted by Gasteiger charge is -2.17. The van der Waals surface area contributed by atoms with E-state index in [2.05, 4.69) is 46.5 Å². The van der Waals surface area contributed by atoms with Crippen molar-refractivity contribution in [2.24, 2.45) is 0 Å². The Hall–Kier alpha value is -3.22. The first-order valence-electron chi connectivity index (χ1n) is 11.0. The summed E-state index contributed by atoms with van der Waals surface area (Å²) in [5.41, 5.74) is 3.46. The molecule has 0 saturated heterocycles. The van der Waals surface area contributed by atoms with Crippen LogP contribution in [0.25, 0.3) is 11.1 Å². The average molecular weight is 459 g/mol. The number of fused-ring (bicyclic) bond motifs is 1. The molecule has 0 spiro atoms. The maximum Gasteiger partial charge on any atom is 0.235 e. The molecule has 0 bridgehead atoms. The lowest BCUT2D eigenvalue weighted by atomic mass is 9.94. The van der Waals surface area contributed by atoms with E-state index in [-0.39, 0.29) is 12.7 Å². The van der Waals surface area contributed by atoms with Crippen LogP contribution < -0.4 is 14.8 Å². The number of anilines is 1. The van der Waals surface area contributed by atoms with E-state index in [0.717, 1.165) is 47.5 Å². The van der Waals surface area contributed by atoms with Crippen molar-refractivity contribution in [2.75, 3.05) is 25.7 Å². The lowest BCUT2D eigenvalue weighted by Crippen LogP contribution is -2.27. The summed E-state index contributed by atoms with van der Waals surface area (Å²) < 4.78 is 13.0. The lowest BCUT2D eigenvalue weighted by molar-refractivity contribution is -0.118. The standard InChI is InChI=1S/C27H26N2O3S/c1-3-15-29(2)33-23-10-7-19(8-11-23)20-5-4-6-22(16-20)28-26(30)27(13-14-27)21-9-12-24-25(17-21)32-18-31-24/h3-12,16-17H,1,13-15,18H2,2H3,(H,28,30). The van der Waals surface area contributed by atoms with E-state index in [4.69, 9.17) is 9.47 Å². The molecule has 1 saturated carbocycles. The highest BCUT2D eigenvalue weighted by molar-refractivity contribution is 7.97. The second-order valence-electron chi connectivity index (χ2n) is 8.40. The van der Waals surface area contributed by atoms with Gasteiger partial charge in [-0.25, -0.2) is 4.31 Å². The number of likely N-dealkylation sites (N-methyl/N-ethyl adjacent to an activating group) is 1. The number of nitrogens with one attached hydrogen (secondary N) is 1. The number of amides is 1. The van der Waals surface area contributed by atoms with E-state index in [1.165, 1.54) is 4.90 Å². The predicted molar refractivity (Wildman–Crippen MR) is 133 cm³/mol. The summed E-state index contributed by atoms with van der Waals surface area (Å²) in [5.74, 6) is 1.47. The van der Waals surface area contributed by atoms with Crippen LogP contribution in [0.4, 0.5) is 5.69 Å². The van der Waals surface area contributed by atoms with Crippen LogP contribution in [-0.4, -0.2) is 30.6 Å². The van der Waals surface area contributed by atoms with Gasteiger partial charge in [-0.2, -0.15) is 0 Å². The fraction of sp³-hybridized carbons (Fsp3) is 0.222. The summed E-state index contributed by atoms with van der Waals surface area (Å²) in [5, 5.41) is 3.14. The molecule has 1 aliphatic heterocycles. The largest absolute Gasteiger partial charge is 0.454 e. The minimum absolute atomic E-state index is 0.0236. The third-order valence-corrected chi connectivity index (χ3v) is 7.01. The van der Waals surface area contributed by atoms with Gasteiger partial charge in [0.2, 0.25) is 12.7 Å². The molecule has 6 heteroatoms. The van der Waals surface area contributed by atoms with Crippen LogP contribution in [0.5, 0.6) is 11.5 Å². The molecule has 1 N–H and O–H groups in total. The van der Waals surface area contributed by atoms with Crippen LogP contribution in [-0.2, 0) is 10.2 Å². The number of nitrogens with zero attached hydrogens (tertiary/aromatic N) is 1. The molecule has 1 amide bonds. The Labute approximate surface area is 198 Å². The van der Waals surface area contributed by atoms with Crippen molar-refractivity contribution in [1.82, 2.24) is 4.31 Å². The Balaban J connectivity index is 1.30. The van der Waals surface area contributed by atoms with Crippen LogP contribution in [0.15, 0.2) is 84.3 Å². The molecule has 3 aromatic rings. The smallest absolute Gasteiger partial charge is 0.235 e. The second-order valence-corrected chi connectivity index (χ2v) is 9.68. The Kier molecular flexibility index (Phi) is 5.87. The Morgan fingerprint density at radius 3 is 2.61 bits per heavy atom. The molecular weight excluding hydrogens is 432 g/mol. The van der Waals surface area contributed by atoms with Crippen LogP contribution in [0.1, 0.15) is 18.4 Å². The molecule has 0 unspecified atom stereocenters. The maximum atomic E-state index is 13.2. The van der Waals surface area contributed by atoms with Gasteiger partial charge in [0.15, 0.2) is 11.5 Å². The molecule has 0 radical (unpaired) electrons. The number of carbonyl (C=O) groups is 1. The Morgan fingerprint density at radius 2 is 1.85 bits per heavy atom. The fourth-order valence-corrected chi connectivity index (χ4v) is 4.90. The quantitative estimate of drug-likeness (QED) is 0.338. The summed E-state index contributed by atoms with van der Waals surface area (Å²) in [6, 6.07) is 22.3. The zero-order valence-electron chi connectivity index (χ0n) is 18.5. The Morgan fingerprint density at radius 1 is 1.06 bits per heavy atom. The first kappa shape index (κ1) is 21.6. The van der Waals surface area contributed by atoms with Gasteiger partial charge < -0.3 is 14.8 Å². The molecule has 168 valence electrons. The molecule has 33 heavy (non-hydrogen) atoms. The molecule has 5 nitrogen and oxygen atoms in total. The van der Waals surface area contributed by atoms with E-state index < -0.39 is 5.41 Å². The van der Waals surface area contributed by atoms with Gasteiger partial charge in [-0.05, 0) is 84.9 Å². The number of carbonyl (C=O) groups excluding carboxylic acids is 1. The number of hydrogen-bond acceptors (Lipinski definition) is 5. The number of rotatable bonds is 8. The van der Waals surface area contributed by atoms with Crippen molar-refractivity contribution in [3.8, 4) is 22.6 Å². The highest BCUT2D eigenvalue weighted by Crippen LogP contribution is 2.51. The van der Waals surface area contributed by atoms with Crippen molar-refractivity contribution >= 4 is 23.5 Å². The SMILES string of the molecule is C=CCN(C)Sc1ccc(-c2cccc(NC(=O)C3(c4ccc5c(c4)OCO5)CC3)c2)cc1. The normalized spacial score (nSPS) is 15.3. The molecular formula is C27H26N2O3S. The van der Waals surface area contributed by atoms with Crippen molar-refractivity contribution in [1.29, 1.82) is 0 Å². The summed E-state index contributed by atoms with van der Waals surface area (Å²) in [6.45, 7) is 4.83. The topological polar surface area (TPSA) is 50.8 Å². The van der Waals surface area contributed by atoms with Crippen LogP contribution in [0.2, 0.25) is 0 Å². The van der Waals surface area contributed by atoms with Gasteiger partial charge in [0.25, 0.3) is 0 Å². The number of ether oxygens (including phenoxy) is 2. The van der Waals surface area contributed by atoms with Crippen molar-refractivity contribution in [3.63, 3.8) is 0 Å². The summed E-state index contributed by atoms with van der Waals surface area (Å²) in [6.07, 6.45) is 3.55. The van der Waals surface area contributed by atoms with Crippen LogP contribution >= 0.6 is 11.9 Å². The highest BCUT2D eigenvalue weighted by atomic mass is 32.2. The zero-order chi connectivity index (χ0) is 22.8. The number of hydrogen-bond donors (Lipinski definition) is 1. The fourth-order valence-electron chi connectivity index (χ4n) is 4.10. The van der Waals surface area contributed by atoms with Gasteiger partial charge in [0.1, 0.15) is 0 Å². The maximum absolute atomic E-state index is 13.2. The second kappa shape index (κ2) is 8.96. The van der Waals surface area contributed by atoms with E-state index in [1.807, 2.05) is 49.5 Å². The summed E-state index contributed by atoms with van der Waals surface area (Å²) in [7, 11) is 2.04. The highest BCUT2D eigenvalue weighted by Gasteiger charge is 2.51.